The number of aryl methyl sites for hydroxylation is 1. The average Bonchev–Trinajstić information content (AvgIpc) is 3.06. The number of hydrogen-bond donors (Lipinski definition) is 0. The summed E-state index contributed by atoms with van der Waals surface area (Å²) in [5.41, 5.74) is 2.32. The van der Waals surface area contributed by atoms with Gasteiger partial charge in [0.25, 0.3) is 0 Å². The number of fused-ring (bicyclic) bond motifs is 3. The summed E-state index contributed by atoms with van der Waals surface area (Å²) < 4.78 is 25.6. The smallest absolute Gasteiger partial charge is 0.339 e. The van der Waals surface area contributed by atoms with Crippen LogP contribution in [0.4, 0.5) is 4.39 Å². The van der Waals surface area contributed by atoms with E-state index in [0.717, 1.165) is 35.8 Å². The summed E-state index contributed by atoms with van der Waals surface area (Å²) in [5.74, 6) is -0.00628. The molecule has 0 spiro atoms. The van der Waals surface area contributed by atoms with Gasteiger partial charge in [0.15, 0.2) is 0 Å². The molecule has 0 aliphatic heterocycles. The Kier molecular flexibility index (Phi) is 4.29. The third kappa shape index (κ3) is 3.07. The molecule has 1 aliphatic rings. The molecule has 3 nitrogen and oxygen atoms in total. The quantitative estimate of drug-likeness (QED) is 0.528. The van der Waals surface area contributed by atoms with Crippen molar-refractivity contribution in [3.63, 3.8) is 0 Å². The number of ether oxygens (including phenoxy) is 1. The van der Waals surface area contributed by atoms with Gasteiger partial charge in [-0.25, -0.2) is 9.18 Å². The van der Waals surface area contributed by atoms with Crippen molar-refractivity contribution in [3.05, 3.63) is 72.8 Å². The van der Waals surface area contributed by atoms with Crippen molar-refractivity contribution in [1.29, 1.82) is 0 Å². The molecule has 1 aromatic heterocycles. The van der Waals surface area contributed by atoms with Gasteiger partial charge in [-0.1, -0.05) is 33.6 Å². The average molecular weight is 424 g/mol. The highest BCUT2D eigenvalue weighted by Crippen LogP contribution is 2.35. The molecule has 25 heavy (non-hydrogen) atoms. The lowest BCUT2D eigenvalue weighted by atomic mass is 10.1. The van der Waals surface area contributed by atoms with Crippen LogP contribution >= 0.6 is 27.5 Å². The fourth-order valence-electron chi connectivity index (χ4n) is 3.19. The number of rotatable bonds is 3. The first kappa shape index (κ1) is 16.6. The fraction of sp³-hybridized carbons (Fsp3) is 0.211. The van der Waals surface area contributed by atoms with E-state index in [1.807, 2.05) is 0 Å². The van der Waals surface area contributed by atoms with Crippen LogP contribution in [0.25, 0.3) is 11.0 Å². The minimum atomic E-state index is -0.365. The minimum absolute atomic E-state index is 0.0273. The highest BCUT2D eigenvalue weighted by molar-refractivity contribution is 9.10. The lowest BCUT2D eigenvalue weighted by Crippen LogP contribution is -2.07. The van der Waals surface area contributed by atoms with E-state index in [4.69, 9.17) is 20.8 Å². The van der Waals surface area contributed by atoms with Gasteiger partial charge in [-0.15, -0.1) is 0 Å². The second-order valence-corrected chi connectivity index (χ2v) is 7.33. The second kappa shape index (κ2) is 6.46. The van der Waals surface area contributed by atoms with Gasteiger partial charge in [-0.05, 0) is 43.0 Å². The van der Waals surface area contributed by atoms with E-state index in [1.54, 1.807) is 24.3 Å². The number of benzene rings is 2. The van der Waals surface area contributed by atoms with Crippen LogP contribution in [0, 0.1) is 5.82 Å². The van der Waals surface area contributed by atoms with Crippen molar-refractivity contribution in [2.24, 2.45) is 0 Å². The highest BCUT2D eigenvalue weighted by Gasteiger charge is 2.21. The molecule has 0 unspecified atom stereocenters. The van der Waals surface area contributed by atoms with Crippen LogP contribution in [0.5, 0.6) is 5.75 Å². The Morgan fingerprint density at radius 3 is 2.80 bits per heavy atom. The first-order valence-electron chi connectivity index (χ1n) is 7.88. The molecule has 128 valence electrons. The Morgan fingerprint density at radius 1 is 1.20 bits per heavy atom. The lowest BCUT2D eigenvalue weighted by molar-refractivity contribution is 0.300. The largest absolute Gasteiger partial charge is 0.487 e. The summed E-state index contributed by atoms with van der Waals surface area (Å²) in [6, 6.07) is 8.13. The zero-order valence-corrected chi connectivity index (χ0v) is 15.4. The maximum atomic E-state index is 13.9. The van der Waals surface area contributed by atoms with Crippen molar-refractivity contribution < 1.29 is 13.5 Å². The summed E-state index contributed by atoms with van der Waals surface area (Å²) >= 11 is 9.55. The molecule has 4 rings (SSSR count). The van der Waals surface area contributed by atoms with Gasteiger partial charge in [-0.3, -0.25) is 0 Å². The molecule has 0 saturated carbocycles. The number of hydrogen-bond acceptors (Lipinski definition) is 3. The van der Waals surface area contributed by atoms with Crippen LogP contribution in [0.2, 0.25) is 5.02 Å². The Labute approximate surface area is 156 Å². The molecule has 0 fully saturated rings. The zero-order valence-electron chi connectivity index (χ0n) is 13.1. The predicted octanol–water partition coefficient (Wildman–Crippen LogP) is 5.42. The molecule has 0 bridgehead atoms. The Morgan fingerprint density at radius 2 is 2.00 bits per heavy atom. The Bertz CT molecular complexity index is 1040. The van der Waals surface area contributed by atoms with E-state index in [0.29, 0.717) is 26.4 Å². The fourth-order valence-corrected chi connectivity index (χ4v) is 3.74. The molecule has 0 saturated heterocycles. The van der Waals surface area contributed by atoms with Crippen LogP contribution in [-0.2, 0) is 19.4 Å². The summed E-state index contributed by atoms with van der Waals surface area (Å²) in [4.78, 5) is 12.1. The number of halogens is 3. The Balaban J connectivity index is 1.69. The van der Waals surface area contributed by atoms with E-state index >= 15 is 0 Å². The van der Waals surface area contributed by atoms with Crippen LogP contribution in [0.1, 0.15) is 23.1 Å². The lowest BCUT2D eigenvalue weighted by Gasteiger charge is -2.11. The van der Waals surface area contributed by atoms with Crippen molar-refractivity contribution in [1.82, 2.24) is 0 Å². The van der Waals surface area contributed by atoms with Crippen LogP contribution in [0.3, 0.4) is 0 Å². The van der Waals surface area contributed by atoms with Gasteiger partial charge in [0.2, 0.25) is 0 Å². The van der Waals surface area contributed by atoms with Gasteiger partial charge in [0.05, 0.1) is 5.02 Å². The minimum Gasteiger partial charge on any atom is -0.487 e. The monoisotopic (exact) mass is 422 g/mol. The highest BCUT2D eigenvalue weighted by atomic mass is 79.9. The molecule has 1 heterocycles. The van der Waals surface area contributed by atoms with Gasteiger partial charge in [-0.2, -0.15) is 0 Å². The van der Waals surface area contributed by atoms with Gasteiger partial charge < -0.3 is 9.15 Å². The van der Waals surface area contributed by atoms with Gasteiger partial charge in [0.1, 0.15) is 23.8 Å². The standard InChI is InChI=1S/C19H13BrClFO3/c20-11-5-4-10(16(22)6-11)9-24-18-8-17-14(7-15(18)21)12-2-1-3-13(12)19(23)25-17/h4-8H,1-3,9H2. The van der Waals surface area contributed by atoms with E-state index in [2.05, 4.69) is 15.9 Å². The molecule has 0 radical (unpaired) electrons. The molecular weight excluding hydrogens is 411 g/mol. The normalized spacial score (nSPS) is 13.2. The van der Waals surface area contributed by atoms with E-state index in [-0.39, 0.29) is 18.0 Å². The van der Waals surface area contributed by atoms with E-state index in [9.17, 15) is 9.18 Å². The SMILES string of the molecule is O=c1oc2cc(OCc3ccc(Br)cc3F)c(Cl)cc2c2c1CCC2. The molecule has 3 aromatic rings. The first-order valence-corrected chi connectivity index (χ1v) is 9.05. The van der Waals surface area contributed by atoms with Crippen LogP contribution < -0.4 is 10.4 Å². The first-order chi connectivity index (χ1) is 12.0. The van der Waals surface area contributed by atoms with Crippen LogP contribution in [-0.4, -0.2) is 0 Å². The maximum absolute atomic E-state index is 13.9. The van der Waals surface area contributed by atoms with Crippen molar-refractivity contribution >= 4 is 38.5 Å². The molecular formula is C19H13BrClFO3. The summed E-state index contributed by atoms with van der Waals surface area (Å²) in [5, 5.41) is 1.26. The molecule has 0 atom stereocenters. The van der Waals surface area contributed by atoms with Crippen LogP contribution in [0.15, 0.2) is 44.0 Å². The second-order valence-electron chi connectivity index (χ2n) is 6.00. The zero-order chi connectivity index (χ0) is 17.6. The van der Waals surface area contributed by atoms with Crippen molar-refractivity contribution in [2.45, 2.75) is 25.9 Å². The molecule has 2 aromatic carbocycles. The summed E-state index contributed by atoms with van der Waals surface area (Å²) in [7, 11) is 0. The third-order valence-electron chi connectivity index (χ3n) is 4.42. The summed E-state index contributed by atoms with van der Waals surface area (Å²) in [6.45, 7) is 0.0273. The van der Waals surface area contributed by atoms with E-state index in [1.165, 1.54) is 6.07 Å². The van der Waals surface area contributed by atoms with Gasteiger partial charge >= 0.3 is 5.63 Å². The molecule has 6 heteroatoms. The van der Waals surface area contributed by atoms with Crippen molar-refractivity contribution in [3.8, 4) is 5.75 Å². The molecule has 0 amide bonds. The predicted molar refractivity (Wildman–Crippen MR) is 98.0 cm³/mol. The maximum Gasteiger partial charge on any atom is 0.339 e. The Hall–Kier alpha value is -1.85. The van der Waals surface area contributed by atoms with E-state index < -0.39 is 0 Å². The van der Waals surface area contributed by atoms with Crippen molar-refractivity contribution in [2.75, 3.05) is 0 Å². The topological polar surface area (TPSA) is 39.4 Å². The molecule has 0 N–H and O–H groups in total. The summed E-state index contributed by atoms with van der Waals surface area (Å²) in [6.07, 6.45) is 2.53. The molecule has 1 aliphatic carbocycles. The third-order valence-corrected chi connectivity index (χ3v) is 5.21. The van der Waals surface area contributed by atoms with Gasteiger partial charge in [0, 0.05) is 27.1 Å².